The lowest BCUT2D eigenvalue weighted by Gasteiger charge is -2.34. The second kappa shape index (κ2) is 7.11. The fourth-order valence-corrected chi connectivity index (χ4v) is 3.50. The molecule has 27 heavy (non-hydrogen) atoms. The smallest absolute Gasteiger partial charge is 0.261 e. The van der Waals surface area contributed by atoms with E-state index in [-0.39, 0.29) is 5.91 Å². The van der Waals surface area contributed by atoms with Gasteiger partial charge in [-0.3, -0.25) is 4.79 Å². The lowest BCUT2D eigenvalue weighted by atomic mass is 10.0. The van der Waals surface area contributed by atoms with Crippen molar-refractivity contribution in [3.63, 3.8) is 0 Å². The molecule has 0 bridgehead atoms. The van der Waals surface area contributed by atoms with Gasteiger partial charge in [0, 0.05) is 31.4 Å². The van der Waals surface area contributed by atoms with Gasteiger partial charge in [-0.15, -0.1) is 0 Å². The number of halogens is 1. The number of aromatic nitrogens is 2. The third-order valence-corrected chi connectivity index (χ3v) is 5.11. The van der Waals surface area contributed by atoms with E-state index in [0.717, 1.165) is 25.9 Å². The number of amides is 1. The predicted octanol–water partition coefficient (Wildman–Crippen LogP) is 3.21. The molecule has 2 aliphatic rings. The summed E-state index contributed by atoms with van der Waals surface area (Å²) < 4.78 is 13.5. The molecule has 1 amide bonds. The first-order chi connectivity index (χ1) is 13.0. The van der Waals surface area contributed by atoms with Gasteiger partial charge in [0.2, 0.25) is 5.95 Å². The number of likely N-dealkylation sites (tertiary alicyclic amines) is 1. The Balaban J connectivity index is 1.52. The first-order valence-corrected chi connectivity index (χ1v) is 9.25. The Bertz CT molecular complexity index is 863. The SMILES string of the molecule is CC(C)N1CCC(Nc2ncc3c(n2)Nc2ccc(F)cc2NC3=O)CC1. The van der Waals surface area contributed by atoms with Crippen LogP contribution in [-0.2, 0) is 0 Å². The molecule has 1 aromatic heterocycles. The number of piperidine rings is 1. The molecule has 2 aliphatic heterocycles. The molecule has 2 aromatic rings. The normalized spacial score (nSPS) is 17.6. The zero-order chi connectivity index (χ0) is 19.0. The molecule has 0 aliphatic carbocycles. The Morgan fingerprint density at radius 2 is 2.00 bits per heavy atom. The summed E-state index contributed by atoms with van der Waals surface area (Å²) in [5.41, 5.74) is 1.30. The van der Waals surface area contributed by atoms with Crippen LogP contribution in [0.2, 0.25) is 0 Å². The average molecular weight is 370 g/mol. The summed E-state index contributed by atoms with van der Waals surface area (Å²) in [7, 11) is 0. The van der Waals surface area contributed by atoms with Gasteiger partial charge in [-0.25, -0.2) is 9.37 Å². The van der Waals surface area contributed by atoms with Crippen LogP contribution < -0.4 is 16.0 Å². The maximum absolute atomic E-state index is 13.5. The molecule has 0 saturated carbocycles. The molecule has 1 fully saturated rings. The van der Waals surface area contributed by atoms with Crippen LogP contribution in [0.15, 0.2) is 24.4 Å². The first-order valence-electron chi connectivity index (χ1n) is 9.25. The molecule has 8 heteroatoms. The molecule has 3 N–H and O–H groups in total. The van der Waals surface area contributed by atoms with Crippen LogP contribution in [0.1, 0.15) is 37.0 Å². The third-order valence-electron chi connectivity index (χ3n) is 5.11. The van der Waals surface area contributed by atoms with Crippen molar-refractivity contribution in [2.45, 2.75) is 38.8 Å². The number of nitrogens with one attached hydrogen (secondary N) is 3. The molecule has 1 saturated heterocycles. The Kier molecular flexibility index (Phi) is 4.65. The minimum atomic E-state index is -0.414. The summed E-state index contributed by atoms with van der Waals surface area (Å²) in [6.45, 7) is 6.51. The Morgan fingerprint density at radius 1 is 1.22 bits per heavy atom. The fraction of sp³-hybridized carbons (Fsp3) is 0.421. The van der Waals surface area contributed by atoms with Crippen molar-refractivity contribution in [1.29, 1.82) is 0 Å². The number of fused-ring (bicyclic) bond motifs is 2. The molecular formula is C19H23FN6O. The van der Waals surface area contributed by atoms with Gasteiger partial charge in [-0.05, 0) is 44.9 Å². The number of benzene rings is 1. The van der Waals surface area contributed by atoms with Gasteiger partial charge in [-0.1, -0.05) is 0 Å². The molecule has 142 valence electrons. The lowest BCUT2D eigenvalue weighted by molar-refractivity contribution is 0.102. The number of hydrogen-bond donors (Lipinski definition) is 3. The first kappa shape index (κ1) is 17.7. The molecule has 0 unspecified atom stereocenters. The van der Waals surface area contributed by atoms with E-state index in [1.54, 1.807) is 6.07 Å². The van der Waals surface area contributed by atoms with Crippen LogP contribution in [0, 0.1) is 5.82 Å². The van der Waals surface area contributed by atoms with E-state index in [1.807, 2.05) is 0 Å². The highest BCUT2D eigenvalue weighted by atomic mass is 19.1. The standard InChI is InChI=1S/C19H23FN6O/c1-11(2)26-7-5-13(6-8-26)22-19-21-10-14-17(25-19)23-15-4-3-12(20)9-16(15)24-18(14)27/h3-4,9-11,13H,5-8H2,1-2H3,(H,24,27)(H2,21,22,23,25). The van der Waals surface area contributed by atoms with Crippen LogP contribution in [-0.4, -0.2) is 45.9 Å². The van der Waals surface area contributed by atoms with Gasteiger partial charge in [0.15, 0.2) is 0 Å². The van der Waals surface area contributed by atoms with Gasteiger partial charge < -0.3 is 20.9 Å². The van der Waals surface area contributed by atoms with E-state index in [4.69, 9.17) is 0 Å². The summed E-state index contributed by atoms with van der Waals surface area (Å²) >= 11 is 0. The number of anilines is 4. The zero-order valence-electron chi connectivity index (χ0n) is 15.4. The third kappa shape index (κ3) is 3.71. The summed E-state index contributed by atoms with van der Waals surface area (Å²) in [5.74, 6) is 0.124. The Labute approximate surface area is 157 Å². The number of carbonyl (C=O) groups is 1. The largest absolute Gasteiger partial charge is 0.351 e. The molecule has 4 rings (SSSR count). The second-order valence-corrected chi connectivity index (χ2v) is 7.27. The highest BCUT2D eigenvalue weighted by Gasteiger charge is 2.24. The van der Waals surface area contributed by atoms with Crippen molar-refractivity contribution in [1.82, 2.24) is 14.9 Å². The van der Waals surface area contributed by atoms with E-state index in [0.29, 0.717) is 40.8 Å². The van der Waals surface area contributed by atoms with Crippen molar-refractivity contribution in [2.75, 3.05) is 29.0 Å². The summed E-state index contributed by atoms with van der Waals surface area (Å²) in [6, 6.07) is 5.06. The van der Waals surface area contributed by atoms with Gasteiger partial charge in [-0.2, -0.15) is 4.98 Å². The maximum atomic E-state index is 13.5. The van der Waals surface area contributed by atoms with Crippen molar-refractivity contribution < 1.29 is 9.18 Å². The van der Waals surface area contributed by atoms with E-state index < -0.39 is 5.82 Å². The highest BCUT2D eigenvalue weighted by Crippen LogP contribution is 2.31. The molecule has 0 radical (unpaired) electrons. The Hall–Kier alpha value is -2.74. The summed E-state index contributed by atoms with van der Waals surface area (Å²) in [6.07, 6.45) is 3.54. The number of hydrogen-bond acceptors (Lipinski definition) is 6. The molecule has 1 aromatic carbocycles. The quantitative estimate of drug-likeness (QED) is 0.770. The van der Waals surface area contributed by atoms with E-state index >= 15 is 0 Å². The van der Waals surface area contributed by atoms with Gasteiger partial charge in [0.1, 0.15) is 17.2 Å². The van der Waals surface area contributed by atoms with Crippen LogP contribution in [0.3, 0.4) is 0 Å². The Morgan fingerprint density at radius 3 is 2.74 bits per heavy atom. The predicted molar refractivity (Wildman–Crippen MR) is 103 cm³/mol. The van der Waals surface area contributed by atoms with Crippen LogP contribution >= 0.6 is 0 Å². The monoisotopic (exact) mass is 370 g/mol. The number of carbonyl (C=O) groups excluding carboxylic acids is 1. The molecule has 0 spiro atoms. The van der Waals surface area contributed by atoms with Crippen molar-refractivity contribution >= 4 is 29.0 Å². The van der Waals surface area contributed by atoms with E-state index in [2.05, 4.69) is 44.7 Å². The van der Waals surface area contributed by atoms with E-state index in [9.17, 15) is 9.18 Å². The minimum absolute atomic E-state index is 0.305. The fourth-order valence-electron chi connectivity index (χ4n) is 3.50. The number of rotatable bonds is 3. The van der Waals surface area contributed by atoms with Gasteiger partial charge >= 0.3 is 0 Å². The molecule has 7 nitrogen and oxygen atoms in total. The average Bonchev–Trinajstić information content (AvgIpc) is 2.77. The van der Waals surface area contributed by atoms with Crippen molar-refractivity contribution in [2.24, 2.45) is 0 Å². The lowest BCUT2D eigenvalue weighted by Crippen LogP contribution is -2.42. The van der Waals surface area contributed by atoms with Crippen LogP contribution in [0.4, 0.5) is 27.5 Å². The molecule has 3 heterocycles. The van der Waals surface area contributed by atoms with Gasteiger partial charge in [0.25, 0.3) is 5.91 Å². The zero-order valence-corrected chi connectivity index (χ0v) is 15.4. The summed E-state index contributed by atoms with van der Waals surface area (Å²) in [4.78, 5) is 23.7. The molecule has 0 atom stereocenters. The topological polar surface area (TPSA) is 82.2 Å². The van der Waals surface area contributed by atoms with Crippen molar-refractivity contribution in [3.05, 3.63) is 35.8 Å². The second-order valence-electron chi connectivity index (χ2n) is 7.27. The highest BCUT2D eigenvalue weighted by molar-refractivity contribution is 6.11. The van der Waals surface area contributed by atoms with E-state index in [1.165, 1.54) is 18.3 Å². The maximum Gasteiger partial charge on any atom is 0.261 e. The number of nitrogens with zero attached hydrogens (tertiary/aromatic N) is 3. The molecular weight excluding hydrogens is 347 g/mol. The van der Waals surface area contributed by atoms with Crippen LogP contribution in [0.5, 0.6) is 0 Å². The summed E-state index contributed by atoms with van der Waals surface area (Å²) in [5, 5.41) is 9.18. The van der Waals surface area contributed by atoms with Crippen LogP contribution in [0.25, 0.3) is 0 Å². The van der Waals surface area contributed by atoms with Crippen molar-refractivity contribution in [3.8, 4) is 0 Å². The van der Waals surface area contributed by atoms with Gasteiger partial charge in [0.05, 0.1) is 11.4 Å². The minimum Gasteiger partial charge on any atom is -0.351 e.